The maximum atomic E-state index is 11.8. The number of ether oxygens (including phenoxy) is 1. The SMILES string of the molecule is C=CCOc1ccc(NC(=O)c2cc(C)no2)cc1. The Morgan fingerprint density at radius 1 is 1.47 bits per heavy atom. The smallest absolute Gasteiger partial charge is 0.294 e. The number of benzene rings is 1. The highest BCUT2D eigenvalue weighted by Crippen LogP contribution is 2.16. The Morgan fingerprint density at radius 2 is 2.21 bits per heavy atom. The molecule has 5 nitrogen and oxygen atoms in total. The number of carbonyl (C=O) groups is 1. The molecule has 0 saturated heterocycles. The summed E-state index contributed by atoms with van der Waals surface area (Å²) in [5.74, 6) is 0.568. The van der Waals surface area contributed by atoms with Crippen LogP contribution in [0.25, 0.3) is 0 Å². The van der Waals surface area contributed by atoms with Crippen LogP contribution < -0.4 is 10.1 Å². The van der Waals surface area contributed by atoms with Crippen molar-refractivity contribution in [2.45, 2.75) is 6.92 Å². The molecule has 0 aliphatic heterocycles. The Balaban J connectivity index is 1.99. The zero-order valence-electron chi connectivity index (χ0n) is 10.6. The van der Waals surface area contributed by atoms with Gasteiger partial charge in [-0.15, -0.1) is 0 Å². The van der Waals surface area contributed by atoms with Crippen LogP contribution in [0.15, 0.2) is 47.5 Å². The lowest BCUT2D eigenvalue weighted by Gasteiger charge is -2.05. The minimum absolute atomic E-state index is 0.185. The molecule has 1 amide bonds. The Morgan fingerprint density at radius 3 is 2.79 bits per heavy atom. The van der Waals surface area contributed by atoms with E-state index >= 15 is 0 Å². The monoisotopic (exact) mass is 258 g/mol. The van der Waals surface area contributed by atoms with Crippen LogP contribution >= 0.6 is 0 Å². The number of aryl methyl sites for hydroxylation is 1. The number of carbonyl (C=O) groups excluding carboxylic acids is 1. The predicted octanol–water partition coefficient (Wildman–Crippen LogP) is 2.80. The molecule has 0 fully saturated rings. The van der Waals surface area contributed by atoms with E-state index in [1.54, 1.807) is 43.3 Å². The van der Waals surface area contributed by atoms with E-state index in [0.29, 0.717) is 23.7 Å². The van der Waals surface area contributed by atoms with E-state index in [1.165, 1.54) is 0 Å². The first-order valence-corrected chi connectivity index (χ1v) is 5.77. The third-order valence-electron chi connectivity index (χ3n) is 2.33. The quantitative estimate of drug-likeness (QED) is 0.837. The van der Waals surface area contributed by atoms with E-state index in [-0.39, 0.29) is 11.7 Å². The molecule has 0 bridgehead atoms. The number of rotatable bonds is 5. The molecule has 0 atom stereocenters. The van der Waals surface area contributed by atoms with E-state index in [4.69, 9.17) is 9.26 Å². The molecule has 0 spiro atoms. The summed E-state index contributed by atoms with van der Waals surface area (Å²) in [7, 11) is 0. The second-order valence-electron chi connectivity index (χ2n) is 3.91. The zero-order valence-corrected chi connectivity index (χ0v) is 10.6. The first-order valence-electron chi connectivity index (χ1n) is 5.77. The van der Waals surface area contributed by atoms with Gasteiger partial charge < -0.3 is 14.6 Å². The standard InChI is InChI=1S/C14H14N2O3/c1-3-8-18-12-6-4-11(5-7-12)15-14(17)13-9-10(2)16-19-13/h3-7,9H,1,8H2,2H3,(H,15,17). The third-order valence-corrected chi connectivity index (χ3v) is 2.33. The van der Waals surface area contributed by atoms with Crippen LogP contribution in [0.4, 0.5) is 5.69 Å². The lowest BCUT2D eigenvalue weighted by Crippen LogP contribution is -2.10. The summed E-state index contributed by atoms with van der Waals surface area (Å²) in [5, 5.41) is 6.37. The summed E-state index contributed by atoms with van der Waals surface area (Å²) in [6.45, 7) is 5.77. The summed E-state index contributed by atoms with van der Waals surface area (Å²) in [6.07, 6.45) is 1.67. The van der Waals surface area contributed by atoms with Gasteiger partial charge in [-0.3, -0.25) is 4.79 Å². The number of nitrogens with one attached hydrogen (secondary N) is 1. The molecule has 19 heavy (non-hydrogen) atoms. The van der Waals surface area contributed by atoms with Gasteiger partial charge in [0.1, 0.15) is 12.4 Å². The van der Waals surface area contributed by atoms with E-state index in [0.717, 1.165) is 0 Å². The van der Waals surface area contributed by atoms with Crippen molar-refractivity contribution in [2.75, 3.05) is 11.9 Å². The Hall–Kier alpha value is -2.56. The Labute approximate surface area is 110 Å². The van der Waals surface area contributed by atoms with Crippen LogP contribution in [0, 0.1) is 6.92 Å². The predicted molar refractivity (Wildman–Crippen MR) is 71.3 cm³/mol. The number of aromatic nitrogens is 1. The number of hydrogen-bond donors (Lipinski definition) is 1. The van der Waals surface area contributed by atoms with Gasteiger partial charge in [0, 0.05) is 11.8 Å². The lowest BCUT2D eigenvalue weighted by molar-refractivity contribution is 0.0988. The molecule has 1 aromatic heterocycles. The van der Waals surface area contributed by atoms with Gasteiger partial charge in [-0.2, -0.15) is 0 Å². The molecule has 0 radical (unpaired) electrons. The van der Waals surface area contributed by atoms with E-state index in [9.17, 15) is 4.79 Å². The van der Waals surface area contributed by atoms with Gasteiger partial charge in [0.05, 0.1) is 5.69 Å². The number of nitrogens with zero attached hydrogens (tertiary/aromatic N) is 1. The lowest BCUT2D eigenvalue weighted by atomic mass is 10.3. The molecule has 0 saturated carbocycles. The summed E-state index contributed by atoms with van der Waals surface area (Å²) in [5.41, 5.74) is 1.32. The molecule has 1 N–H and O–H groups in total. The van der Waals surface area contributed by atoms with Crippen LogP contribution in [0.5, 0.6) is 5.75 Å². The van der Waals surface area contributed by atoms with Crippen LogP contribution in [0.1, 0.15) is 16.2 Å². The van der Waals surface area contributed by atoms with Gasteiger partial charge in [-0.05, 0) is 31.2 Å². The largest absolute Gasteiger partial charge is 0.490 e. The van der Waals surface area contributed by atoms with Crippen LogP contribution in [-0.4, -0.2) is 17.7 Å². The second-order valence-corrected chi connectivity index (χ2v) is 3.91. The fourth-order valence-electron chi connectivity index (χ4n) is 1.45. The normalized spacial score (nSPS) is 9.95. The number of amides is 1. The second kappa shape index (κ2) is 5.86. The Kier molecular flexibility index (Phi) is 3.97. The minimum Gasteiger partial charge on any atom is -0.490 e. The topological polar surface area (TPSA) is 64.4 Å². The number of anilines is 1. The average molecular weight is 258 g/mol. The van der Waals surface area contributed by atoms with Gasteiger partial charge >= 0.3 is 0 Å². The first-order chi connectivity index (χ1) is 9.19. The molecule has 0 aliphatic rings. The zero-order chi connectivity index (χ0) is 13.7. The van der Waals surface area contributed by atoms with Crippen molar-refractivity contribution in [3.8, 4) is 5.75 Å². The van der Waals surface area contributed by atoms with Crippen molar-refractivity contribution in [1.82, 2.24) is 5.16 Å². The molecule has 1 heterocycles. The molecule has 1 aromatic carbocycles. The maximum absolute atomic E-state index is 11.8. The van der Waals surface area contributed by atoms with Crippen molar-refractivity contribution >= 4 is 11.6 Å². The molecule has 2 aromatic rings. The Bertz CT molecular complexity index is 573. The van der Waals surface area contributed by atoms with Crippen molar-refractivity contribution in [1.29, 1.82) is 0 Å². The van der Waals surface area contributed by atoms with Gasteiger partial charge in [-0.1, -0.05) is 17.8 Å². The highest BCUT2D eigenvalue weighted by atomic mass is 16.5. The van der Waals surface area contributed by atoms with Crippen LogP contribution in [0.2, 0.25) is 0 Å². The summed E-state index contributed by atoms with van der Waals surface area (Å²) in [4.78, 5) is 11.8. The van der Waals surface area contributed by atoms with Gasteiger partial charge in [0.15, 0.2) is 0 Å². The summed E-state index contributed by atoms with van der Waals surface area (Å²) in [6, 6.07) is 8.62. The van der Waals surface area contributed by atoms with Crippen molar-refractivity contribution in [2.24, 2.45) is 0 Å². The first kappa shape index (κ1) is 12.9. The van der Waals surface area contributed by atoms with Crippen LogP contribution in [0.3, 0.4) is 0 Å². The third kappa shape index (κ3) is 3.45. The van der Waals surface area contributed by atoms with Gasteiger partial charge in [-0.25, -0.2) is 0 Å². The van der Waals surface area contributed by atoms with E-state index in [2.05, 4.69) is 17.1 Å². The van der Waals surface area contributed by atoms with E-state index < -0.39 is 0 Å². The molecule has 2 rings (SSSR count). The highest BCUT2D eigenvalue weighted by molar-refractivity contribution is 6.02. The molecule has 0 unspecified atom stereocenters. The van der Waals surface area contributed by atoms with Crippen molar-refractivity contribution in [3.63, 3.8) is 0 Å². The molecule has 98 valence electrons. The molecule has 5 heteroatoms. The van der Waals surface area contributed by atoms with Crippen molar-refractivity contribution in [3.05, 3.63) is 54.4 Å². The van der Waals surface area contributed by atoms with Gasteiger partial charge in [0.25, 0.3) is 5.91 Å². The van der Waals surface area contributed by atoms with Crippen LogP contribution in [-0.2, 0) is 0 Å². The highest BCUT2D eigenvalue weighted by Gasteiger charge is 2.11. The number of hydrogen-bond acceptors (Lipinski definition) is 4. The molecular formula is C14H14N2O3. The van der Waals surface area contributed by atoms with E-state index in [1.807, 2.05) is 0 Å². The summed E-state index contributed by atoms with van der Waals surface area (Å²) >= 11 is 0. The fourth-order valence-corrected chi connectivity index (χ4v) is 1.45. The summed E-state index contributed by atoms with van der Waals surface area (Å²) < 4.78 is 10.2. The molecular weight excluding hydrogens is 244 g/mol. The fraction of sp³-hybridized carbons (Fsp3) is 0.143. The minimum atomic E-state index is -0.333. The molecule has 0 aliphatic carbocycles. The maximum Gasteiger partial charge on any atom is 0.294 e. The average Bonchev–Trinajstić information content (AvgIpc) is 2.85. The van der Waals surface area contributed by atoms with Gasteiger partial charge in [0.2, 0.25) is 5.76 Å². The van der Waals surface area contributed by atoms with Crippen molar-refractivity contribution < 1.29 is 14.1 Å².